The molecule has 0 spiro atoms. The Morgan fingerprint density at radius 2 is 1.96 bits per heavy atom. The van der Waals surface area contributed by atoms with E-state index in [0.29, 0.717) is 6.54 Å². The summed E-state index contributed by atoms with van der Waals surface area (Å²) in [6.45, 7) is 3.55. The molecule has 23 heavy (non-hydrogen) atoms. The van der Waals surface area contributed by atoms with Gasteiger partial charge >= 0.3 is 0 Å². The molecule has 0 atom stereocenters. The maximum absolute atomic E-state index is 12.2. The third-order valence-electron chi connectivity index (χ3n) is 3.98. The molecule has 128 valence electrons. The number of rotatable bonds is 7. The number of hydrogen-bond acceptors (Lipinski definition) is 4. The molecule has 1 aliphatic heterocycles. The summed E-state index contributed by atoms with van der Waals surface area (Å²) in [6, 6.07) is 3.49. The lowest BCUT2D eigenvalue weighted by Gasteiger charge is -2.23. The summed E-state index contributed by atoms with van der Waals surface area (Å²) in [5.74, 6) is 0. The molecule has 0 unspecified atom stereocenters. The Kier molecular flexibility index (Phi) is 6.34. The molecular weight excluding hydrogens is 342 g/mol. The summed E-state index contributed by atoms with van der Waals surface area (Å²) >= 11 is 5.69. The van der Waals surface area contributed by atoms with E-state index in [1.54, 1.807) is 0 Å². The molecule has 9 heteroatoms. The molecule has 2 N–H and O–H groups in total. The first-order valence-corrected chi connectivity index (χ1v) is 9.53. The molecule has 1 saturated heterocycles. The Bertz CT molecular complexity index is 660. The second kappa shape index (κ2) is 8.05. The van der Waals surface area contributed by atoms with Gasteiger partial charge in [-0.1, -0.05) is 11.6 Å². The quantitative estimate of drug-likeness (QED) is 0.429. The highest BCUT2D eigenvalue weighted by Gasteiger charge is 2.20. The van der Waals surface area contributed by atoms with Crippen molar-refractivity contribution in [1.29, 1.82) is 0 Å². The van der Waals surface area contributed by atoms with E-state index >= 15 is 0 Å². The van der Waals surface area contributed by atoms with E-state index in [1.165, 1.54) is 36.3 Å². The Labute approximate surface area is 140 Å². The van der Waals surface area contributed by atoms with Crippen LogP contribution in [-0.2, 0) is 10.0 Å². The lowest BCUT2D eigenvalue weighted by Crippen LogP contribution is -3.12. The van der Waals surface area contributed by atoms with Gasteiger partial charge in [0.1, 0.15) is 5.02 Å². The zero-order valence-corrected chi connectivity index (χ0v) is 14.3. The molecule has 0 radical (unpaired) electrons. The Hall–Kier alpha value is -1.22. The first-order valence-electron chi connectivity index (χ1n) is 7.67. The number of halogens is 1. The maximum Gasteiger partial charge on any atom is 0.289 e. The number of nitro groups is 1. The molecule has 1 heterocycles. The van der Waals surface area contributed by atoms with Crippen LogP contribution in [0.25, 0.3) is 0 Å². The third kappa shape index (κ3) is 5.13. The molecule has 1 aliphatic rings. The molecule has 0 amide bonds. The van der Waals surface area contributed by atoms with E-state index in [2.05, 4.69) is 4.72 Å². The van der Waals surface area contributed by atoms with Gasteiger partial charge in [-0.2, -0.15) is 0 Å². The second-order valence-electron chi connectivity index (χ2n) is 5.68. The smallest absolute Gasteiger partial charge is 0.289 e. The van der Waals surface area contributed by atoms with E-state index in [9.17, 15) is 18.5 Å². The third-order valence-corrected chi connectivity index (χ3v) is 5.76. The lowest BCUT2D eigenvalue weighted by atomic mass is 10.1. The van der Waals surface area contributed by atoms with Crippen LogP contribution in [0.1, 0.15) is 25.7 Å². The number of nitrogens with zero attached hydrogens (tertiary/aromatic N) is 1. The molecule has 1 aromatic carbocycles. The molecule has 0 saturated carbocycles. The van der Waals surface area contributed by atoms with Crippen LogP contribution in [0.15, 0.2) is 23.1 Å². The zero-order chi connectivity index (χ0) is 16.9. The molecule has 0 aromatic heterocycles. The predicted molar refractivity (Wildman–Crippen MR) is 87.3 cm³/mol. The van der Waals surface area contributed by atoms with Crippen LogP contribution in [0.4, 0.5) is 5.69 Å². The van der Waals surface area contributed by atoms with Crippen LogP contribution in [0.2, 0.25) is 5.02 Å². The van der Waals surface area contributed by atoms with Crippen molar-refractivity contribution in [3.8, 4) is 0 Å². The fourth-order valence-corrected chi connectivity index (χ4v) is 4.01. The van der Waals surface area contributed by atoms with Crippen LogP contribution < -0.4 is 9.62 Å². The largest absolute Gasteiger partial charge is 0.335 e. The second-order valence-corrected chi connectivity index (χ2v) is 7.86. The van der Waals surface area contributed by atoms with E-state index in [4.69, 9.17) is 11.6 Å². The van der Waals surface area contributed by atoms with Crippen LogP contribution in [-0.4, -0.2) is 39.5 Å². The first kappa shape index (κ1) is 18.1. The van der Waals surface area contributed by atoms with Gasteiger partial charge < -0.3 is 4.90 Å². The van der Waals surface area contributed by atoms with Crippen molar-refractivity contribution in [2.75, 3.05) is 26.2 Å². The number of nitro benzene ring substituents is 1. The van der Waals surface area contributed by atoms with Crippen molar-refractivity contribution in [1.82, 2.24) is 4.72 Å². The lowest BCUT2D eigenvalue weighted by molar-refractivity contribution is -0.904. The summed E-state index contributed by atoms with van der Waals surface area (Å²) in [6.07, 6.45) is 4.49. The van der Waals surface area contributed by atoms with Gasteiger partial charge in [0.05, 0.1) is 29.5 Å². The summed E-state index contributed by atoms with van der Waals surface area (Å²) in [5, 5.41) is 10.8. The highest BCUT2D eigenvalue weighted by atomic mass is 35.5. The molecular formula is C14H21ClN3O4S+. The molecule has 2 rings (SSSR count). The first-order chi connectivity index (χ1) is 10.9. The van der Waals surface area contributed by atoms with Crippen LogP contribution in [0, 0.1) is 10.1 Å². The summed E-state index contributed by atoms with van der Waals surface area (Å²) in [5.41, 5.74) is -0.410. The molecule has 1 fully saturated rings. The minimum Gasteiger partial charge on any atom is -0.335 e. The van der Waals surface area contributed by atoms with Crippen molar-refractivity contribution >= 4 is 27.3 Å². The van der Waals surface area contributed by atoms with Gasteiger partial charge in [-0.05, 0) is 31.4 Å². The van der Waals surface area contributed by atoms with Gasteiger partial charge in [0, 0.05) is 19.0 Å². The van der Waals surface area contributed by atoms with Crippen LogP contribution in [0.3, 0.4) is 0 Å². The average molecular weight is 363 g/mol. The van der Waals surface area contributed by atoms with E-state index in [-0.39, 0.29) is 9.92 Å². The highest BCUT2D eigenvalue weighted by molar-refractivity contribution is 7.89. The van der Waals surface area contributed by atoms with Gasteiger partial charge in [0.15, 0.2) is 0 Å². The number of quaternary nitrogens is 1. The zero-order valence-electron chi connectivity index (χ0n) is 12.8. The summed E-state index contributed by atoms with van der Waals surface area (Å²) in [7, 11) is -3.76. The van der Waals surface area contributed by atoms with Crippen molar-refractivity contribution < 1.29 is 18.2 Å². The SMILES string of the molecule is O=[N+]([O-])c1cc(S(=O)(=O)NCCC[NH+]2CCCCC2)ccc1Cl. The molecule has 0 aliphatic carbocycles. The van der Waals surface area contributed by atoms with Crippen molar-refractivity contribution in [2.45, 2.75) is 30.6 Å². The molecule has 1 aromatic rings. The summed E-state index contributed by atoms with van der Waals surface area (Å²) < 4.78 is 26.9. The van der Waals surface area contributed by atoms with E-state index in [0.717, 1.165) is 32.1 Å². The highest BCUT2D eigenvalue weighted by Crippen LogP contribution is 2.26. The Morgan fingerprint density at radius 3 is 2.61 bits per heavy atom. The normalized spacial score (nSPS) is 16.4. The maximum atomic E-state index is 12.2. The Morgan fingerprint density at radius 1 is 1.26 bits per heavy atom. The number of likely N-dealkylation sites (tertiary alicyclic amines) is 1. The molecule has 7 nitrogen and oxygen atoms in total. The Balaban J connectivity index is 1.91. The van der Waals surface area contributed by atoms with Gasteiger partial charge in [0.2, 0.25) is 10.0 Å². The minimum atomic E-state index is -3.76. The van der Waals surface area contributed by atoms with Gasteiger partial charge in [0.25, 0.3) is 5.69 Å². The fourth-order valence-electron chi connectivity index (χ4n) is 2.73. The number of sulfonamides is 1. The molecule has 0 bridgehead atoms. The van der Waals surface area contributed by atoms with Gasteiger partial charge in [-0.3, -0.25) is 10.1 Å². The minimum absolute atomic E-state index is 0.0809. The van der Waals surface area contributed by atoms with E-state index < -0.39 is 20.6 Å². The predicted octanol–water partition coefficient (Wildman–Crippen LogP) is 0.985. The average Bonchev–Trinajstić information content (AvgIpc) is 2.52. The number of nitrogens with one attached hydrogen (secondary N) is 2. The standard InChI is InChI=1S/C14H20ClN3O4S/c15-13-6-5-12(11-14(13)18(19)20)23(21,22)16-7-4-10-17-8-2-1-3-9-17/h5-6,11,16H,1-4,7-10H2/p+1. The number of piperidine rings is 1. The number of hydrogen-bond donors (Lipinski definition) is 2. The van der Waals surface area contributed by atoms with Crippen molar-refractivity contribution in [2.24, 2.45) is 0 Å². The van der Waals surface area contributed by atoms with Crippen molar-refractivity contribution in [3.63, 3.8) is 0 Å². The topological polar surface area (TPSA) is 93.8 Å². The van der Waals surface area contributed by atoms with E-state index in [1.807, 2.05) is 0 Å². The fraction of sp³-hybridized carbons (Fsp3) is 0.571. The van der Waals surface area contributed by atoms with Crippen molar-refractivity contribution in [3.05, 3.63) is 33.3 Å². The monoisotopic (exact) mass is 362 g/mol. The number of benzene rings is 1. The van der Waals surface area contributed by atoms with Crippen LogP contribution >= 0.6 is 11.6 Å². The van der Waals surface area contributed by atoms with Crippen LogP contribution in [0.5, 0.6) is 0 Å². The summed E-state index contributed by atoms with van der Waals surface area (Å²) in [4.78, 5) is 11.5. The van der Waals surface area contributed by atoms with Gasteiger partial charge in [-0.15, -0.1) is 0 Å². The van der Waals surface area contributed by atoms with Gasteiger partial charge in [-0.25, -0.2) is 13.1 Å².